The van der Waals surface area contributed by atoms with Crippen LogP contribution in [-0.2, 0) is 22.7 Å². The van der Waals surface area contributed by atoms with Crippen LogP contribution in [0.5, 0.6) is 5.75 Å². The lowest BCUT2D eigenvalue weighted by atomic mass is 10.3. The number of carbonyl (C=O) groups excluding carboxylic acids is 2. The van der Waals surface area contributed by atoms with E-state index in [0.29, 0.717) is 21.6 Å². The summed E-state index contributed by atoms with van der Waals surface area (Å²) in [7, 11) is 1.57. The summed E-state index contributed by atoms with van der Waals surface area (Å²) in [6, 6.07) is 9.93. The van der Waals surface area contributed by atoms with Gasteiger partial charge in [0.1, 0.15) is 18.8 Å². The third-order valence-electron chi connectivity index (χ3n) is 3.86. The van der Waals surface area contributed by atoms with E-state index in [1.54, 1.807) is 37.4 Å². The van der Waals surface area contributed by atoms with E-state index in [1.807, 2.05) is 0 Å². The number of aromatic nitrogens is 3. The molecule has 0 aliphatic carbocycles. The van der Waals surface area contributed by atoms with Crippen molar-refractivity contribution in [2.75, 3.05) is 17.7 Å². The second kappa shape index (κ2) is 9.20. The van der Waals surface area contributed by atoms with Gasteiger partial charge in [0.05, 0.1) is 19.0 Å². The zero-order chi connectivity index (χ0) is 20.8. The summed E-state index contributed by atoms with van der Waals surface area (Å²) in [5.74, 6) is 0.0462. The second-order valence-electron chi connectivity index (χ2n) is 6.06. The highest BCUT2D eigenvalue weighted by Crippen LogP contribution is 2.15. The van der Waals surface area contributed by atoms with E-state index in [2.05, 4.69) is 31.7 Å². The van der Waals surface area contributed by atoms with Gasteiger partial charge in [0.2, 0.25) is 11.8 Å². The lowest BCUT2D eigenvalue weighted by molar-refractivity contribution is -0.117. The molecule has 0 unspecified atom stereocenters. The summed E-state index contributed by atoms with van der Waals surface area (Å²) >= 11 is 3.26. The van der Waals surface area contributed by atoms with Crippen molar-refractivity contribution in [1.82, 2.24) is 14.3 Å². The van der Waals surface area contributed by atoms with Crippen LogP contribution < -0.4 is 20.9 Å². The number of rotatable bonds is 7. The third-order valence-corrected chi connectivity index (χ3v) is 4.33. The molecule has 10 heteroatoms. The fraction of sp³-hybridized carbons (Fsp3) is 0.158. The van der Waals surface area contributed by atoms with E-state index in [-0.39, 0.29) is 30.5 Å². The molecule has 3 aromatic rings. The molecule has 29 heavy (non-hydrogen) atoms. The lowest BCUT2D eigenvalue weighted by Crippen LogP contribution is -2.26. The molecule has 3 rings (SSSR count). The van der Waals surface area contributed by atoms with E-state index in [0.717, 1.165) is 0 Å². The van der Waals surface area contributed by atoms with Crippen molar-refractivity contribution in [3.8, 4) is 5.75 Å². The number of methoxy groups -OCH3 is 1. The van der Waals surface area contributed by atoms with Crippen LogP contribution in [0, 0.1) is 0 Å². The molecule has 0 fully saturated rings. The maximum absolute atomic E-state index is 12.2. The number of nitrogens with one attached hydrogen (secondary N) is 2. The molecule has 0 bridgehead atoms. The first-order chi connectivity index (χ1) is 13.9. The molecule has 2 amide bonds. The van der Waals surface area contributed by atoms with Crippen LogP contribution in [-0.4, -0.2) is 33.3 Å². The maximum atomic E-state index is 12.2. The monoisotopic (exact) mass is 459 g/mol. The summed E-state index contributed by atoms with van der Waals surface area (Å²) < 4.78 is 8.45. The minimum absolute atomic E-state index is 0.0208. The average Bonchev–Trinajstić information content (AvgIpc) is 3.11. The Balaban J connectivity index is 1.54. The van der Waals surface area contributed by atoms with Crippen molar-refractivity contribution in [1.29, 1.82) is 0 Å². The van der Waals surface area contributed by atoms with E-state index < -0.39 is 0 Å². The maximum Gasteiger partial charge on any atom is 0.251 e. The summed E-state index contributed by atoms with van der Waals surface area (Å²) in [5.41, 5.74) is 0.778. The smallest absolute Gasteiger partial charge is 0.251 e. The summed E-state index contributed by atoms with van der Waals surface area (Å²) in [4.78, 5) is 36.1. The van der Waals surface area contributed by atoms with E-state index >= 15 is 0 Å². The Bertz CT molecular complexity index is 1070. The fourth-order valence-electron chi connectivity index (χ4n) is 2.52. The number of ether oxygens (including phenoxy) is 1. The van der Waals surface area contributed by atoms with Crippen molar-refractivity contribution in [2.45, 2.75) is 13.1 Å². The van der Waals surface area contributed by atoms with E-state index in [9.17, 15) is 14.4 Å². The highest BCUT2D eigenvalue weighted by molar-refractivity contribution is 9.10. The number of hydrogen-bond donors (Lipinski definition) is 2. The van der Waals surface area contributed by atoms with Crippen molar-refractivity contribution in [2.24, 2.45) is 0 Å². The first kappa shape index (κ1) is 20.3. The van der Waals surface area contributed by atoms with Crippen LogP contribution in [0.2, 0.25) is 0 Å². The van der Waals surface area contributed by atoms with Crippen molar-refractivity contribution >= 4 is 39.1 Å². The first-order valence-corrected chi connectivity index (χ1v) is 9.34. The predicted molar refractivity (Wildman–Crippen MR) is 111 cm³/mol. The lowest BCUT2D eigenvalue weighted by Gasteiger charge is -2.07. The van der Waals surface area contributed by atoms with Crippen LogP contribution in [0.15, 0.2) is 64.3 Å². The molecule has 2 aromatic heterocycles. The summed E-state index contributed by atoms with van der Waals surface area (Å²) in [6.45, 7) is -0.158. The molecule has 2 N–H and O–H groups in total. The molecule has 150 valence electrons. The van der Waals surface area contributed by atoms with Gasteiger partial charge in [-0.15, -0.1) is 0 Å². The van der Waals surface area contributed by atoms with Gasteiger partial charge >= 0.3 is 0 Å². The summed E-state index contributed by atoms with van der Waals surface area (Å²) in [6.07, 6.45) is 4.51. The van der Waals surface area contributed by atoms with Crippen molar-refractivity contribution < 1.29 is 14.3 Å². The quantitative estimate of drug-likeness (QED) is 0.562. The van der Waals surface area contributed by atoms with Crippen LogP contribution in [0.3, 0.4) is 0 Å². The van der Waals surface area contributed by atoms with E-state index in [1.165, 1.54) is 33.9 Å². The molecule has 0 spiro atoms. The largest absolute Gasteiger partial charge is 0.497 e. The second-order valence-corrected chi connectivity index (χ2v) is 6.98. The fourth-order valence-corrected chi connectivity index (χ4v) is 2.90. The molecule has 2 heterocycles. The molecule has 1 aromatic carbocycles. The Morgan fingerprint density at radius 2 is 1.69 bits per heavy atom. The Labute approximate surface area is 174 Å². The zero-order valence-electron chi connectivity index (χ0n) is 15.5. The minimum atomic E-state index is -0.382. The Kier molecular flexibility index (Phi) is 6.45. The van der Waals surface area contributed by atoms with Gasteiger partial charge in [0, 0.05) is 28.6 Å². The summed E-state index contributed by atoms with van der Waals surface area (Å²) in [5, 5.41) is 9.46. The number of carbonyl (C=O) groups is 2. The number of amides is 2. The first-order valence-electron chi connectivity index (χ1n) is 8.55. The SMILES string of the molecule is COc1ccc(NC(=O)Cn2cc(NC(=O)Cn3cc(Br)ccc3=O)cn2)cc1. The van der Waals surface area contributed by atoms with Crippen molar-refractivity contribution in [3.05, 3.63) is 69.8 Å². The number of anilines is 2. The van der Waals surface area contributed by atoms with Crippen LogP contribution >= 0.6 is 15.9 Å². The van der Waals surface area contributed by atoms with Gasteiger partial charge in [-0.2, -0.15) is 5.10 Å². The number of benzene rings is 1. The van der Waals surface area contributed by atoms with Gasteiger partial charge in [0.15, 0.2) is 0 Å². The Morgan fingerprint density at radius 3 is 2.41 bits per heavy atom. The molecular weight excluding hydrogens is 442 g/mol. The molecular formula is C19H18BrN5O4. The van der Waals surface area contributed by atoms with Crippen LogP contribution in [0.4, 0.5) is 11.4 Å². The molecule has 0 aliphatic heterocycles. The highest BCUT2D eigenvalue weighted by Gasteiger charge is 2.09. The minimum Gasteiger partial charge on any atom is -0.497 e. The molecule has 0 radical (unpaired) electrons. The molecule has 0 saturated carbocycles. The zero-order valence-corrected chi connectivity index (χ0v) is 17.0. The molecule has 0 aliphatic rings. The number of nitrogens with zero attached hydrogens (tertiary/aromatic N) is 3. The third kappa shape index (κ3) is 5.79. The highest BCUT2D eigenvalue weighted by atomic mass is 79.9. The number of pyridine rings is 1. The van der Waals surface area contributed by atoms with Crippen LogP contribution in [0.25, 0.3) is 0 Å². The topological polar surface area (TPSA) is 107 Å². The Morgan fingerprint density at radius 1 is 1.00 bits per heavy atom. The standard InChI is InChI=1S/C19H18BrN5O4/c1-29-16-5-3-14(4-6-16)22-18(27)12-25-10-15(8-21-25)23-17(26)11-24-9-13(20)2-7-19(24)28/h2-10H,11-12H2,1H3,(H,22,27)(H,23,26). The van der Waals surface area contributed by atoms with Gasteiger partial charge in [-0.25, -0.2) is 0 Å². The van der Waals surface area contributed by atoms with E-state index in [4.69, 9.17) is 4.74 Å². The number of halogens is 1. The van der Waals surface area contributed by atoms with Gasteiger partial charge in [-0.1, -0.05) is 0 Å². The molecule has 0 atom stereocenters. The van der Waals surface area contributed by atoms with Gasteiger partial charge in [0.25, 0.3) is 5.56 Å². The van der Waals surface area contributed by atoms with Crippen LogP contribution in [0.1, 0.15) is 0 Å². The Hall–Kier alpha value is -3.40. The average molecular weight is 460 g/mol. The van der Waals surface area contributed by atoms with Crippen molar-refractivity contribution in [3.63, 3.8) is 0 Å². The molecule has 9 nitrogen and oxygen atoms in total. The normalized spacial score (nSPS) is 10.4. The molecule has 0 saturated heterocycles. The van der Waals surface area contributed by atoms with Gasteiger partial charge < -0.3 is 19.9 Å². The number of hydrogen-bond acceptors (Lipinski definition) is 5. The van der Waals surface area contributed by atoms with Gasteiger partial charge in [-0.3, -0.25) is 19.1 Å². The van der Waals surface area contributed by atoms with Gasteiger partial charge in [-0.05, 0) is 46.3 Å². The predicted octanol–water partition coefficient (Wildman–Crippen LogP) is 2.09.